The zero-order valence-electron chi connectivity index (χ0n) is 13.3. The molecule has 1 saturated heterocycles. The Morgan fingerprint density at radius 3 is 2.32 bits per heavy atom. The first-order valence-electron chi connectivity index (χ1n) is 7.77. The number of halogens is 2. The molecule has 0 aliphatic carbocycles. The van der Waals surface area contributed by atoms with Crippen LogP contribution in [0, 0.1) is 0 Å². The Bertz CT molecular complexity index is 702. The van der Waals surface area contributed by atoms with Crippen LogP contribution in [0.4, 0.5) is 8.78 Å². The van der Waals surface area contributed by atoms with E-state index in [1.54, 1.807) is 12.1 Å². The van der Waals surface area contributed by atoms with Crippen molar-refractivity contribution in [2.24, 2.45) is 0 Å². The largest absolute Gasteiger partial charge is 0.435 e. The molecule has 1 N–H and O–H groups in total. The molecular formula is C18H17F2NO2S2. The highest BCUT2D eigenvalue weighted by Gasteiger charge is 2.18. The second-order valence-corrected chi connectivity index (χ2v) is 8.13. The summed E-state index contributed by atoms with van der Waals surface area (Å²) < 4.78 is 29.0. The van der Waals surface area contributed by atoms with Gasteiger partial charge in [-0.1, -0.05) is 24.3 Å². The normalized spacial score (nSPS) is 14.7. The number of ether oxygens (including phenoxy) is 1. The number of thioether (sulfide) groups is 2. The summed E-state index contributed by atoms with van der Waals surface area (Å²) in [5.74, 6) is 2.27. The average molecular weight is 381 g/mol. The van der Waals surface area contributed by atoms with Crippen molar-refractivity contribution in [2.45, 2.75) is 17.7 Å². The van der Waals surface area contributed by atoms with Crippen LogP contribution in [0.1, 0.15) is 26.1 Å². The number of benzene rings is 2. The van der Waals surface area contributed by atoms with Crippen molar-refractivity contribution in [3.8, 4) is 5.75 Å². The molecule has 0 radical (unpaired) electrons. The maximum absolute atomic E-state index is 12.2. The number of alkyl halides is 2. The zero-order valence-corrected chi connectivity index (χ0v) is 14.9. The van der Waals surface area contributed by atoms with Crippen molar-refractivity contribution in [2.75, 3.05) is 11.5 Å². The van der Waals surface area contributed by atoms with Crippen LogP contribution in [0.2, 0.25) is 0 Å². The van der Waals surface area contributed by atoms with Crippen LogP contribution in [0.15, 0.2) is 48.5 Å². The molecule has 0 atom stereocenters. The van der Waals surface area contributed by atoms with Gasteiger partial charge >= 0.3 is 6.61 Å². The summed E-state index contributed by atoms with van der Waals surface area (Å²) in [7, 11) is 0. The van der Waals surface area contributed by atoms with Gasteiger partial charge in [0.25, 0.3) is 5.91 Å². The first kappa shape index (κ1) is 18.1. The lowest BCUT2D eigenvalue weighted by molar-refractivity contribution is -0.0498. The lowest BCUT2D eigenvalue weighted by atomic mass is 10.1. The lowest BCUT2D eigenvalue weighted by Crippen LogP contribution is -2.22. The Labute approximate surface area is 153 Å². The van der Waals surface area contributed by atoms with E-state index in [-0.39, 0.29) is 11.7 Å². The molecule has 3 nitrogen and oxygen atoms in total. The molecule has 1 fully saturated rings. The SMILES string of the molecule is O=C(NCc1ccc(OC(F)F)cc1)c1ccc(C2SCCS2)cc1. The second-order valence-electron chi connectivity index (χ2n) is 5.40. The molecule has 3 rings (SSSR count). The third-order valence-electron chi connectivity index (χ3n) is 3.67. The number of amides is 1. The fraction of sp³-hybridized carbons (Fsp3) is 0.278. The number of hydrogen-bond acceptors (Lipinski definition) is 4. The second kappa shape index (κ2) is 8.58. The fourth-order valence-electron chi connectivity index (χ4n) is 2.42. The lowest BCUT2D eigenvalue weighted by Gasteiger charge is -2.10. The Balaban J connectivity index is 1.53. The number of carbonyl (C=O) groups is 1. The van der Waals surface area contributed by atoms with E-state index in [4.69, 9.17) is 0 Å². The highest BCUT2D eigenvalue weighted by Crippen LogP contribution is 2.45. The smallest absolute Gasteiger partial charge is 0.387 e. The van der Waals surface area contributed by atoms with E-state index in [9.17, 15) is 13.6 Å². The Kier molecular flexibility index (Phi) is 6.20. The number of hydrogen-bond donors (Lipinski definition) is 1. The first-order valence-corrected chi connectivity index (χ1v) is 9.87. The summed E-state index contributed by atoms with van der Waals surface area (Å²) >= 11 is 3.85. The molecule has 0 aromatic heterocycles. The van der Waals surface area contributed by atoms with Gasteiger partial charge in [-0.15, -0.1) is 23.5 Å². The first-order chi connectivity index (χ1) is 12.1. The van der Waals surface area contributed by atoms with Gasteiger partial charge in [0.2, 0.25) is 0 Å². The van der Waals surface area contributed by atoms with E-state index in [0.29, 0.717) is 16.7 Å². The molecule has 2 aromatic carbocycles. The molecule has 1 aliphatic rings. The summed E-state index contributed by atoms with van der Waals surface area (Å²) in [4.78, 5) is 12.2. The van der Waals surface area contributed by atoms with Crippen molar-refractivity contribution in [3.05, 3.63) is 65.2 Å². The van der Waals surface area contributed by atoms with Crippen LogP contribution in [0.3, 0.4) is 0 Å². The average Bonchev–Trinajstić information content (AvgIpc) is 3.15. The monoisotopic (exact) mass is 381 g/mol. The zero-order chi connectivity index (χ0) is 17.6. The van der Waals surface area contributed by atoms with Gasteiger partial charge in [-0.25, -0.2) is 0 Å². The Hall–Kier alpha value is -1.73. The van der Waals surface area contributed by atoms with Crippen molar-refractivity contribution in [1.82, 2.24) is 5.32 Å². The van der Waals surface area contributed by atoms with Crippen LogP contribution in [-0.2, 0) is 6.54 Å². The summed E-state index contributed by atoms with van der Waals surface area (Å²) in [5, 5.41) is 2.83. The van der Waals surface area contributed by atoms with Gasteiger partial charge in [-0.2, -0.15) is 8.78 Å². The van der Waals surface area contributed by atoms with Gasteiger partial charge in [0, 0.05) is 23.6 Å². The molecular weight excluding hydrogens is 364 g/mol. The number of carbonyl (C=O) groups excluding carboxylic acids is 1. The fourth-order valence-corrected chi connectivity index (χ4v) is 5.28. The molecule has 0 spiro atoms. The van der Waals surface area contributed by atoms with Crippen molar-refractivity contribution < 1.29 is 18.3 Å². The van der Waals surface area contributed by atoms with Gasteiger partial charge in [-0.05, 0) is 35.4 Å². The van der Waals surface area contributed by atoms with Crippen LogP contribution in [0.25, 0.3) is 0 Å². The third-order valence-corrected chi connectivity index (χ3v) is 6.77. The summed E-state index contributed by atoms with van der Waals surface area (Å²) in [6, 6.07) is 13.9. The standard InChI is InChI=1S/C18H17F2NO2S2/c19-18(20)23-15-7-1-12(2-8-15)11-21-16(22)13-3-5-14(6-4-13)17-24-9-10-25-17/h1-8,17-18H,9-11H2,(H,21,22). The van der Waals surface area contributed by atoms with Crippen LogP contribution in [0.5, 0.6) is 5.75 Å². The van der Waals surface area contributed by atoms with Gasteiger partial charge in [0.05, 0.1) is 4.58 Å². The topological polar surface area (TPSA) is 38.3 Å². The Morgan fingerprint density at radius 2 is 1.72 bits per heavy atom. The molecule has 1 amide bonds. The molecule has 132 valence electrons. The molecule has 1 aliphatic heterocycles. The molecule has 2 aromatic rings. The summed E-state index contributed by atoms with van der Waals surface area (Å²) in [6.07, 6.45) is 0. The third kappa shape index (κ3) is 5.12. The minimum atomic E-state index is -2.84. The van der Waals surface area contributed by atoms with Crippen LogP contribution < -0.4 is 10.1 Å². The quantitative estimate of drug-likeness (QED) is 0.787. The highest BCUT2D eigenvalue weighted by molar-refractivity contribution is 8.19. The van der Waals surface area contributed by atoms with Gasteiger partial charge in [0.15, 0.2) is 0 Å². The predicted octanol–water partition coefficient (Wildman–Crippen LogP) is 4.70. The summed E-state index contributed by atoms with van der Waals surface area (Å²) in [5.41, 5.74) is 2.65. The van der Waals surface area contributed by atoms with Crippen LogP contribution in [-0.4, -0.2) is 24.0 Å². The molecule has 0 saturated carbocycles. The van der Waals surface area contributed by atoms with Crippen LogP contribution >= 0.6 is 23.5 Å². The Morgan fingerprint density at radius 1 is 1.08 bits per heavy atom. The molecule has 0 unspecified atom stereocenters. The van der Waals surface area contributed by atoms with E-state index in [0.717, 1.165) is 5.56 Å². The van der Waals surface area contributed by atoms with E-state index < -0.39 is 6.61 Å². The molecule has 25 heavy (non-hydrogen) atoms. The van der Waals surface area contributed by atoms with E-state index in [2.05, 4.69) is 10.1 Å². The van der Waals surface area contributed by atoms with Crippen molar-refractivity contribution in [1.29, 1.82) is 0 Å². The van der Waals surface area contributed by atoms with Crippen molar-refractivity contribution >= 4 is 29.4 Å². The molecule has 7 heteroatoms. The summed E-state index contributed by atoms with van der Waals surface area (Å²) in [6.45, 7) is -2.52. The number of rotatable bonds is 6. The van der Waals surface area contributed by atoms with Gasteiger partial charge < -0.3 is 10.1 Å². The highest BCUT2D eigenvalue weighted by atomic mass is 32.2. The van der Waals surface area contributed by atoms with E-state index in [1.165, 1.54) is 29.2 Å². The predicted molar refractivity (Wildman–Crippen MR) is 98.3 cm³/mol. The number of nitrogens with one attached hydrogen (secondary N) is 1. The van der Waals surface area contributed by atoms with Crippen molar-refractivity contribution in [3.63, 3.8) is 0 Å². The maximum atomic E-state index is 12.2. The van der Waals surface area contributed by atoms with Gasteiger partial charge in [0.1, 0.15) is 5.75 Å². The minimum Gasteiger partial charge on any atom is -0.435 e. The molecule has 0 bridgehead atoms. The minimum absolute atomic E-state index is 0.100. The van der Waals surface area contributed by atoms with E-state index in [1.807, 2.05) is 47.8 Å². The van der Waals surface area contributed by atoms with E-state index >= 15 is 0 Å². The maximum Gasteiger partial charge on any atom is 0.387 e. The molecule has 1 heterocycles. The van der Waals surface area contributed by atoms with Gasteiger partial charge in [-0.3, -0.25) is 4.79 Å².